The Morgan fingerprint density at radius 2 is 1.87 bits per heavy atom. The Kier molecular flexibility index (Phi) is 3.30. The van der Waals surface area contributed by atoms with E-state index in [1.807, 2.05) is 13.8 Å². The van der Waals surface area contributed by atoms with Gasteiger partial charge in [0.15, 0.2) is 0 Å². The van der Waals surface area contributed by atoms with Gasteiger partial charge < -0.3 is 9.79 Å². The van der Waals surface area contributed by atoms with Gasteiger partial charge in [0.2, 0.25) is 0 Å². The first-order valence-electron chi connectivity index (χ1n) is 5.26. The number of hydrogen-bond donors (Lipinski definition) is 2. The standard InChI is InChI=1S/C10H18NO3P/c1-3-9(4-2)7-10(9,5-6-11)8-15(12,13)14/h3-5,7-8H2,1-2H3,(H2,12,13,14). The van der Waals surface area contributed by atoms with E-state index in [1.54, 1.807) is 0 Å². The van der Waals surface area contributed by atoms with E-state index in [-0.39, 0.29) is 18.0 Å². The molecule has 1 aliphatic rings. The second-order valence-corrected chi connectivity index (χ2v) is 6.25. The van der Waals surface area contributed by atoms with E-state index in [0.29, 0.717) is 0 Å². The van der Waals surface area contributed by atoms with E-state index >= 15 is 0 Å². The van der Waals surface area contributed by atoms with Crippen molar-refractivity contribution in [1.29, 1.82) is 5.26 Å². The number of hydrogen-bond acceptors (Lipinski definition) is 2. The normalized spacial score (nSPS) is 28.5. The Labute approximate surface area is 90.5 Å². The van der Waals surface area contributed by atoms with Gasteiger partial charge in [-0.2, -0.15) is 5.26 Å². The van der Waals surface area contributed by atoms with Crippen molar-refractivity contribution in [2.75, 3.05) is 6.16 Å². The van der Waals surface area contributed by atoms with Crippen molar-refractivity contribution in [2.24, 2.45) is 10.8 Å². The van der Waals surface area contributed by atoms with E-state index in [9.17, 15) is 4.57 Å². The molecule has 0 radical (unpaired) electrons. The van der Waals surface area contributed by atoms with Gasteiger partial charge in [-0.3, -0.25) is 4.57 Å². The minimum absolute atomic E-state index is 0.0101. The third-order valence-electron chi connectivity index (χ3n) is 3.96. The lowest BCUT2D eigenvalue weighted by atomic mass is 9.87. The number of rotatable bonds is 5. The maximum atomic E-state index is 11.1. The van der Waals surface area contributed by atoms with Crippen molar-refractivity contribution in [3.8, 4) is 6.07 Å². The van der Waals surface area contributed by atoms with Crippen LogP contribution in [0.1, 0.15) is 39.5 Å². The van der Waals surface area contributed by atoms with Gasteiger partial charge in [-0.25, -0.2) is 0 Å². The predicted octanol–water partition coefficient (Wildman–Crippen LogP) is 2.27. The van der Waals surface area contributed by atoms with E-state index in [4.69, 9.17) is 15.0 Å². The largest absolute Gasteiger partial charge is 0.326 e. The Morgan fingerprint density at radius 3 is 2.13 bits per heavy atom. The summed E-state index contributed by atoms with van der Waals surface area (Å²) >= 11 is 0. The molecule has 1 aliphatic carbocycles. The summed E-state index contributed by atoms with van der Waals surface area (Å²) in [6.45, 7) is 4.06. The number of nitriles is 1. The molecule has 5 heteroatoms. The molecule has 2 N–H and O–H groups in total. The lowest BCUT2D eigenvalue weighted by Crippen LogP contribution is -2.17. The lowest BCUT2D eigenvalue weighted by molar-refractivity contribution is 0.309. The molecule has 0 heterocycles. The quantitative estimate of drug-likeness (QED) is 0.711. The molecule has 0 aromatic heterocycles. The minimum Gasteiger partial charge on any atom is -0.324 e. The summed E-state index contributed by atoms with van der Waals surface area (Å²) in [6.07, 6.45) is 2.71. The summed E-state index contributed by atoms with van der Waals surface area (Å²) in [6, 6.07) is 2.07. The van der Waals surface area contributed by atoms with E-state index in [2.05, 4.69) is 6.07 Å². The van der Waals surface area contributed by atoms with Crippen LogP contribution in [-0.4, -0.2) is 15.9 Å². The molecule has 1 atom stereocenters. The molecule has 0 aromatic carbocycles. The maximum Gasteiger partial charge on any atom is 0.326 e. The Balaban J connectivity index is 2.87. The van der Waals surface area contributed by atoms with E-state index < -0.39 is 13.0 Å². The fraction of sp³-hybridized carbons (Fsp3) is 0.900. The van der Waals surface area contributed by atoms with Crippen LogP contribution in [0, 0.1) is 22.2 Å². The van der Waals surface area contributed by atoms with Gasteiger partial charge in [-0.15, -0.1) is 0 Å². The zero-order valence-electron chi connectivity index (χ0n) is 9.23. The monoisotopic (exact) mass is 231 g/mol. The molecular formula is C10H18NO3P. The van der Waals surface area contributed by atoms with Crippen LogP contribution in [0.2, 0.25) is 0 Å². The van der Waals surface area contributed by atoms with Gasteiger partial charge >= 0.3 is 7.60 Å². The Bertz CT molecular complexity index is 326. The molecule has 4 nitrogen and oxygen atoms in total. The van der Waals surface area contributed by atoms with Gasteiger partial charge in [0.25, 0.3) is 0 Å². The fourth-order valence-electron chi connectivity index (χ4n) is 2.93. The summed E-state index contributed by atoms with van der Waals surface area (Å²) in [7, 11) is -4.01. The van der Waals surface area contributed by atoms with Gasteiger partial charge in [-0.05, 0) is 24.7 Å². The summed E-state index contributed by atoms with van der Waals surface area (Å²) in [5.74, 6) is 0. The maximum absolute atomic E-state index is 11.1. The van der Waals surface area contributed by atoms with E-state index in [0.717, 1.165) is 19.3 Å². The van der Waals surface area contributed by atoms with Gasteiger partial charge in [-0.1, -0.05) is 13.8 Å². The molecule has 86 valence electrons. The molecule has 0 bridgehead atoms. The fourth-order valence-corrected chi connectivity index (χ4v) is 4.28. The molecule has 1 fully saturated rings. The van der Waals surface area contributed by atoms with E-state index in [1.165, 1.54) is 0 Å². The van der Waals surface area contributed by atoms with Crippen LogP contribution in [-0.2, 0) is 4.57 Å². The molecule has 1 saturated carbocycles. The van der Waals surface area contributed by atoms with Crippen molar-refractivity contribution in [2.45, 2.75) is 39.5 Å². The van der Waals surface area contributed by atoms with Crippen molar-refractivity contribution in [3.05, 3.63) is 0 Å². The average Bonchev–Trinajstić information content (AvgIpc) is 2.71. The third kappa shape index (κ3) is 2.25. The smallest absolute Gasteiger partial charge is 0.324 e. The highest BCUT2D eigenvalue weighted by atomic mass is 31.2. The first kappa shape index (κ1) is 12.7. The van der Waals surface area contributed by atoms with Crippen LogP contribution in [0.5, 0.6) is 0 Å². The van der Waals surface area contributed by atoms with Crippen LogP contribution >= 0.6 is 7.60 Å². The topological polar surface area (TPSA) is 81.3 Å². The first-order valence-corrected chi connectivity index (χ1v) is 7.06. The summed E-state index contributed by atoms with van der Waals surface area (Å²) < 4.78 is 11.1. The number of nitrogens with zero attached hydrogens (tertiary/aromatic N) is 1. The van der Waals surface area contributed by atoms with Gasteiger partial charge in [0.05, 0.1) is 12.2 Å². The highest BCUT2D eigenvalue weighted by Crippen LogP contribution is 2.73. The molecule has 15 heavy (non-hydrogen) atoms. The highest BCUT2D eigenvalue weighted by Gasteiger charge is 2.66. The zero-order chi connectivity index (χ0) is 11.7. The van der Waals surface area contributed by atoms with Crippen LogP contribution < -0.4 is 0 Å². The minimum atomic E-state index is -4.01. The van der Waals surface area contributed by atoms with Crippen molar-refractivity contribution in [1.82, 2.24) is 0 Å². The van der Waals surface area contributed by atoms with Crippen LogP contribution in [0.25, 0.3) is 0 Å². The summed E-state index contributed by atoms with van der Waals surface area (Å²) in [5, 5.41) is 8.76. The highest BCUT2D eigenvalue weighted by molar-refractivity contribution is 7.51. The Morgan fingerprint density at radius 1 is 1.33 bits per heavy atom. The lowest BCUT2D eigenvalue weighted by Gasteiger charge is -2.22. The molecule has 0 saturated heterocycles. The third-order valence-corrected chi connectivity index (χ3v) is 4.97. The zero-order valence-corrected chi connectivity index (χ0v) is 10.1. The van der Waals surface area contributed by atoms with Crippen LogP contribution in [0.3, 0.4) is 0 Å². The second-order valence-electron chi connectivity index (χ2n) is 4.60. The Hall–Kier alpha value is -0.360. The average molecular weight is 231 g/mol. The first-order chi connectivity index (χ1) is 6.85. The molecule has 0 aromatic rings. The molecule has 0 spiro atoms. The molecule has 1 rings (SSSR count). The van der Waals surface area contributed by atoms with Crippen molar-refractivity contribution < 1.29 is 14.4 Å². The molecule has 1 unspecified atom stereocenters. The van der Waals surface area contributed by atoms with Crippen molar-refractivity contribution >= 4 is 7.60 Å². The summed E-state index contributed by atoms with van der Waals surface area (Å²) in [4.78, 5) is 18.1. The summed E-state index contributed by atoms with van der Waals surface area (Å²) in [5.41, 5.74) is -0.436. The molecular weight excluding hydrogens is 213 g/mol. The molecule has 0 aliphatic heterocycles. The van der Waals surface area contributed by atoms with Crippen LogP contribution in [0.15, 0.2) is 0 Å². The molecule has 0 amide bonds. The SMILES string of the molecule is CCC1(CC)CC1(CC#N)CP(=O)(O)O. The predicted molar refractivity (Wildman–Crippen MR) is 57.2 cm³/mol. The van der Waals surface area contributed by atoms with Crippen molar-refractivity contribution in [3.63, 3.8) is 0 Å². The second kappa shape index (κ2) is 3.90. The van der Waals surface area contributed by atoms with Gasteiger partial charge in [0, 0.05) is 11.8 Å². The van der Waals surface area contributed by atoms with Gasteiger partial charge in [0.1, 0.15) is 0 Å². The van der Waals surface area contributed by atoms with Crippen LogP contribution in [0.4, 0.5) is 0 Å².